The first kappa shape index (κ1) is 13.8. The second-order valence-electron chi connectivity index (χ2n) is 4.96. The minimum absolute atomic E-state index is 0.176. The standard InChI is InChI=1S/C14H20BrNO2/c1-17-13-4-3-12(15)9-11(13)10-14(16)5-2-7-18-8-6-14/h3-4,9H,2,5-8,10,16H2,1H3. The first-order valence-corrected chi connectivity index (χ1v) is 7.11. The molecule has 1 atom stereocenters. The van der Waals surface area contributed by atoms with Crippen LogP contribution in [0, 0.1) is 0 Å². The molecule has 1 saturated heterocycles. The monoisotopic (exact) mass is 313 g/mol. The lowest BCUT2D eigenvalue weighted by Gasteiger charge is -2.28. The maximum atomic E-state index is 6.51. The molecule has 0 amide bonds. The Labute approximate surface area is 117 Å². The normalized spacial score (nSPS) is 24.6. The van der Waals surface area contributed by atoms with Crippen molar-refractivity contribution < 1.29 is 9.47 Å². The SMILES string of the molecule is COc1ccc(Br)cc1CC1(N)CCCOCC1. The molecule has 0 bridgehead atoms. The summed E-state index contributed by atoms with van der Waals surface area (Å²) in [6.45, 7) is 1.58. The van der Waals surface area contributed by atoms with Gasteiger partial charge in [0.05, 0.1) is 7.11 Å². The Morgan fingerprint density at radius 3 is 3.00 bits per heavy atom. The summed E-state index contributed by atoms with van der Waals surface area (Å²) >= 11 is 3.50. The maximum absolute atomic E-state index is 6.51. The molecule has 4 heteroatoms. The van der Waals surface area contributed by atoms with Gasteiger partial charge < -0.3 is 15.2 Å². The van der Waals surface area contributed by atoms with Crippen LogP contribution in [0.25, 0.3) is 0 Å². The quantitative estimate of drug-likeness (QED) is 0.933. The third-order valence-corrected chi connectivity index (χ3v) is 3.99. The van der Waals surface area contributed by atoms with Crippen molar-refractivity contribution in [3.05, 3.63) is 28.2 Å². The Kier molecular flexibility index (Phi) is 4.65. The van der Waals surface area contributed by atoms with Gasteiger partial charge in [0.2, 0.25) is 0 Å². The van der Waals surface area contributed by atoms with Crippen molar-refractivity contribution in [2.24, 2.45) is 5.73 Å². The van der Waals surface area contributed by atoms with E-state index in [9.17, 15) is 0 Å². The summed E-state index contributed by atoms with van der Waals surface area (Å²) in [6.07, 6.45) is 3.77. The van der Waals surface area contributed by atoms with Crippen LogP contribution in [0.15, 0.2) is 22.7 Å². The number of methoxy groups -OCH3 is 1. The van der Waals surface area contributed by atoms with E-state index < -0.39 is 0 Å². The van der Waals surface area contributed by atoms with Gasteiger partial charge in [-0.15, -0.1) is 0 Å². The van der Waals surface area contributed by atoms with Crippen LogP contribution >= 0.6 is 15.9 Å². The summed E-state index contributed by atoms with van der Waals surface area (Å²) in [4.78, 5) is 0. The molecule has 1 aliphatic heterocycles. The van der Waals surface area contributed by atoms with Gasteiger partial charge in [0.25, 0.3) is 0 Å². The number of nitrogens with two attached hydrogens (primary N) is 1. The molecule has 2 rings (SSSR count). The van der Waals surface area contributed by atoms with Gasteiger partial charge in [-0.05, 0) is 49.4 Å². The third kappa shape index (κ3) is 3.46. The number of halogens is 1. The van der Waals surface area contributed by atoms with Crippen LogP contribution in [0.5, 0.6) is 5.75 Å². The largest absolute Gasteiger partial charge is 0.496 e. The summed E-state index contributed by atoms with van der Waals surface area (Å²) in [5.74, 6) is 0.910. The van der Waals surface area contributed by atoms with Crippen molar-refractivity contribution >= 4 is 15.9 Å². The van der Waals surface area contributed by atoms with E-state index in [4.69, 9.17) is 15.2 Å². The highest BCUT2D eigenvalue weighted by Crippen LogP contribution is 2.30. The van der Waals surface area contributed by atoms with Crippen molar-refractivity contribution in [2.75, 3.05) is 20.3 Å². The van der Waals surface area contributed by atoms with Gasteiger partial charge in [0, 0.05) is 23.2 Å². The molecule has 0 saturated carbocycles. The van der Waals surface area contributed by atoms with Crippen LogP contribution in [0.3, 0.4) is 0 Å². The summed E-state index contributed by atoms with van der Waals surface area (Å²) in [5.41, 5.74) is 7.50. The fourth-order valence-electron chi connectivity index (χ4n) is 2.47. The number of hydrogen-bond donors (Lipinski definition) is 1. The molecule has 1 unspecified atom stereocenters. The molecule has 18 heavy (non-hydrogen) atoms. The predicted molar refractivity (Wildman–Crippen MR) is 76.0 cm³/mol. The number of hydrogen-bond acceptors (Lipinski definition) is 3. The lowest BCUT2D eigenvalue weighted by molar-refractivity contribution is 0.139. The average molecular weight is 314 g/mol. The van der Waals surface area contributed by atoms with Crippen LogP contribution in [0.2, 0.25) is 0 Å². The smallest absolute Gasteiger partial charge is 0.122 e. The summed E-state index contributed by atoms with van der Waals surface area (Å²) in [7, 11) is 1.70. The van der Waals surface area contributed by atoms with E-state index in [-0.39, 0.29) is 5.54 Å². The molecule has 1 fully saturated rings. The molecule has 1 heterocycles. The van der Waals surface area contributed by atoms with Gasteiger partial charge in [0.1, 0.15) is 5.75 Å². The van der Waals surface area contributed by atoms with Crippen molar-refractivity contribution in [2.45, 2.75) is 31.2 Å². The van der Waals surface area contributed by atoms with Crippen LogP contribution in [0.4, 0.5) is 0 Å². The highest BCUT2D eigenvalue weighted by molar-refractivity contribution is 9.10. The predicted octanol–water partition coefficient (Wildman–Crippen LogP) is 2.90. The van der Waals surface area contributed by atoms with Crippen LogP contribution < -0.4 is 10.5 Å². The molecule has 0 spiro atoms. The van der Waals surface area contributed by atoms with Gasteiger partial charge in [-0.1, -0.05) is 15.9 Å². The molecular formula is C14H20BrNO2. The fraction of sp³-hybridized carbons (Fsp3) is 0.571. The number of rotatable bonds is 3. The molecule has 1 aromatic carbocycles. The second kappa shape index (κ2) is 6.04. The highest BCUT2D eigenvalue weighted by Gasteiger charge is 2.28. The zero-order chi connectivity index (χ0) is 13.0. The fourth-order valence-corrected chi connectivity index (χ4v) is 2.88. The van der Waals surface area contributed by atoms with E-state index in [1.54, 1.807) is 7.11 Å². The zero-order valence-electron chi connectivity index (χ0n) is 10.7. The molecule has 3 nitrogen and oxygen atoms in total. The molecule has 100 valence electrons. The number of ether oxygens (including phenoxy) is 2. The Morgan fingerprint density at radius 2 is 2.22 bits per heavy atom. The summed E-state index contributed by atoms with van der Waals surface area (Å²) in [5, 5.41) is 0. The first-order chi connectivity index (χ1) is 8.63. The number of benzene rings is 1. The van der Waals surface area contributed by atoms with E-state index in [0.29, 0.717) is 0 Å². The van der Waals surface area contributed by atoms with Gasteiger partial charge in [-0.25, -0.2) is 0 Å². The van der Waals surface area contributed by atoms with Crippen LogP contribution in [-0.2, 0) is 11.2 Å². The molecule has 0 aliphatic carbocycles. The van der Waals surface area contributed by atoms with Crippen LogP contribution in [0.1, 0.15) is 24.8 Å². The summed E-state index contributed by atoms with van der Waals surface area (Å²) < 4.78 is 12.0. The van der Waals surface area contributed by atoms with Gasteiger partial charge in [0.15, 0.2) is 0 Å². The van der Waals surface area contributed by atoms with E-state index in [1.165, 1.54) is 0 Å². The minimum atomic E-state index is -0.176. The van der Waals surface area contributed by atoms with Crippen molar-refractivity contribution in [3.8, 4) is 5.75 Å². The van der Waals surface area contributed by atoms with E-state index >= 15 is 0 Å². The lowest BCUT2D eigenvalue weighted by atomic mass is 9.85. The Hall–Kier alpha value is -0.580. The van der Waals surface area contributed by atoms with Crippen molar-refractivity contribution in [3.63, 3.8) is 0 Å². The maximum Gasteiger partial charge on any atom is 0.122 e. The Balaban J connectivity index is 2.18. The zero-order valence-corrected chi connectivity index (χ0v) is 12.3. The molecular weight excluding hydrogens is 294 g/mol. The second-order valence-corrected chi connectivity index (χ2v) is 5.88. The van der Waals surface area contributed by atoms with E-state index in [2.05, 4.69) is 22.0 Å². The Morgan fingerprint density at radius 1 is 1.39 bits per heavy atom. The van der Waals surface area contributed by atoms with E-state index in [1.807, 2.05) is 12.1 Å². The molecule has 1 aromatic rings. The van der Waals surface area contributed by atoms with Crippen molar-refractivity contribution in [1.29, 1.82) is 0 Å². The molecule has 2 N–H and O–H groups in total. The minimum Gasteiger partial charge on any atom is -0.496 e. The van der Waals surface area contributed by atoms with Gasteiger partial charge in [-0.2, -0.15) is 0 Å². The van der Waals surface area contributed by atoms with Crippen LogP contribution in [-0.4, -0.2) is 25.9 Å². The third-order valence-electron chi connectivity index (χ3n) is 3.49. The summed E-state index contributed by atoms with van der Waals surface area (Å²) in [6, 6.07) is 6.07. The molecule has 1 aliphatic rings. The van der Waals surface area contributed by atoms with Gasteiger partial charge in [-0.3, -0.25) is 0 Å². The molecule has 0 radical (unpaired) electrons. The Bertz CT molecular complexity index is 401. The topological polar surface area (TPSA) is 44.5 Å². The average Bonchev–Trinajstić information content (AvgIpc) is 2.54. The van der Waals surface area contributed by atoms with Crippen molar-refractivity contribution in [1.82, 2.24) is 0 Å². The lowest BCUT2D eigenvalue weighted by Crippen LogP contribution is -2.42. The highest BCUT2D eigenvalue weighted by atomic mass is 79.9. The first-order valence-electron chi connectivity index (χ1n) is 6.32. The van der Waals surface area contributed by atoms with Gasteiger partial charge >= 0.3 is 0 Å². The van der Waals surface area contributed by atoms with E-state index in [0.717, 1.165) is 54.7 Å². The molecule has 0 aromatic heterocycles.